The Bertz CT molecular complexity index is 339. The van der Waals surface area contributed by atoms with Gasteiger partial charge in [-0.05, 0) is 25.8 Å². The Kier molecular flexibility index (Phi) is 3.16. The van der Waals surface area contributed by atoms with E-state index in [-0.39, 0.29) is 11.7 Å². The zero-order chi connectivity index (χ0) is 10.7. The summed E-state index contributed by atoms with van der Waals surface area (Å²) < 4.78 is 18.8. The van der Waals surface area contributed by atoms with Gasteiger partial charge in [-0.15, -0.1) is 0 Å². The van der Waals surface area contributed by atoms with Crippen molar-refractivity contribution in [3.63, 3.8) is 0 Å². The Morgan fingerprint density at radius 3 is 3.07 bits per heavy atom. The van der Waals surface area contributed by atoms with Crippen LogP contribution in [0.25, 0.3) is 0 Å². The zero-order valence-electron chi connectivity index (χ0n) is 8.79. The summed E-state index contributed by atoms with van der Waals surface area (Å²) in [4.78, 5) is 3.85. The van der Waals surface area contributed by atoms with E-state index < -0.39 is 0 Å². The van der Waals surface area contributed by atoms with E-state index in [0.717, 1.165) is 0 Å². The molecule has 0 aliphatic heterocycles. The second kappa shape index (κ2) is 4.57. The van der Waals surface area contributed by atoms with Gasteiger partial charge in [0.25, 0.3) is 5.88 Å². The molecule has 1 aromatic rings. The van der Waals surface area contributed by atoms with Crippen LogP contribution in [0.2, 0.25) is 0 Å². The molecule has 1 aliphatic rings. The fraction of sp³-hybridized carbons (Fsp3) is 0.545. The molecule has 0 atom stereocenters. The van der Waals surface area contributed by atoms with Crippen LogP contribution in [0, 0.1) is 5.82 Å². The first-order valence-corrected chi connectivity index (χ1v) is 5.30. The summed E-state index contributed by atoms with van der Waals surface area (Å²) in [7, 11) is 0. The minimum Gasteiger partial charge on any atom is -0.476 e. The third-order valence-corrected chi connectivity index (χ3v) is 2.38. The lowest BCUT2D eigenvalue weighted by atomic mass is 10.2. The number of ether oxygens (including phenoxy) is 1. The Hall–Kier alpha value is -1.16. The topological polar surface area (TPSA) is 34.1 Å². The molecule has 0 spiro atoms. The van der Waals surface area contributed by atoms with Crippen molar-refractivity contribution in [2.75, 3.05) is 6.61 Å². The molecule has 0 bridgehead atoms. The van der Waals surface area contributed by atoms with Gasteiger partial charge in [-0.25, -0.2) is 9.37 Å². The highest BCUT2D eigenvalue weighted by Crippen LogP contribution is 2.21. The van der Waals surface area contributed by atoms with Crippen molar-refractivity contribution in [3.05, 3.63) is 23.6 Å². The maximum Gasteiger partial charge on any atom is 0.250 e. The van der Waals surface area contributed by atoms with Gasteiger partial charge in [-0.3, -0.25) is 0 Å². The van der Waals surface area contributed by atoms with E-state index in [0.29, 0.717) is 24.8 Å². The van der Waals surface area contributed by atoms with E-state index in [1.165, 1.54) is 12.8 Å². The van der Waals surface area contributed by atoms with Crippen LogP contribution in [0.1, 0.15) is 25.3 Å². The molecule has 0 unspecified atom stereocenters. The number of nitrogens with zero attached hydrogens (tertiary/aromatic N) is 1. The molecule has 1 saturated carbocycles. The maximum atomic E-state index is 13.7. The van der Waals surface area contributed by atoms with E-state index in [2.05, 4.69) is 10.3 Å². The monoisotopic (exact) mass is 210 g/mol. The number of rotatable bonds is 5. The van der Waals surface area contributed by atoms with Crippen LogP contribution in [-0.4, -0.2) is 17.6 Å². The van der Waals surface area contributed by atoms with Crippen LogP contribution in [0.4, 0.5) is 4.39 Å². The van der Waals surface area contributed by atoms with E-state index in [4.69, 9.17) is 4.74 Å². The fourth-order valence-corrected chi connectivity index (χ4v) is 1.38. The molecule has 1 heterocycles. The third-order valence-electron chi connectivity index (χ3n) is 2.38. The van der Waals surface area contributed by atoms with Gasteiger partial charge < -0.3 is 10.1 Å². The quantitative estimate of drug-likeness (QED) is 0.805. The van der Waals surface area contributed by atoms with Gasteiger partial charge in [0.2, 0.25) is 0 Å². The summed E-state index contributed by atoms with van der Waals surface area (Å²) >= 11 is 0. The standard InChI is InChI=1S/C11H15FN2O/c1-2-15-11-10(12)8(5-6-13-11)7-14-9-3-4-9/h5-6,9,14H,2-4,7H2,1H3. The summed E-state index contributed by atoms with van der Waals surface area (Å²) in [6, 6.07) is 2.26. The van der Waals surface area contributed by atoms with Crippen molar-refractivity contribution in [1.29, 1.82) is 0 Å². The SMILES string of the molecule is CCOc1nccc(CNC2CC2)c1F. The van der Waals surface area contributed by atoms with E-state index in [1.807, 2.05) is 6.92 Å². The summed E-state index contributed by atoms with van der Waals surface area (Å²) in [5.74, 6) is -0.236. The second-order valence-electron chi connectivity index (χ2n) is 3.68. The van der Waals surface area contributed by atoms with Gasteiger partial charge >= 0.3 is 0 Å². The predicted octanol–water partition coefficient (Wildman–Crippen LogP) is 1.87. The average molecular weight is 210 g/mol. The number of aromatic nitrogens is 1. The molecule has 82 valence electrons. The lowest BCUT2D eigenvalue weighted by Gasteiger charge is -2.08. The Morgan fingerprint density at radius 1 is 1.60 bits per heavy atom. The van der Waals surface area contributed by atoms with E-state index in [1.54, 1.807) is 12.3 Å². The highest BCUT2D eigenvalue weighted by Gasteiger charge is 2.21. The minimum atomic E-state index is -0.340. The maximum absolute atomic E-state index is 13.7. The van der Waals surface area contributed by atoms with E-state index in [9.17, 15) is 4.39 Å². The number of pyridine rings is 1. The first-order chi connectivity index (χ1) is 7.31. The Labute approximate surface area is 88.7 Å². The van der Waals surface area contributed by atoms with Crippen molar-refractivity contribution in [1.82, 2.24) is 10.3 Å². The van der Waals surface area contributed by atoms with Crippen molar-refractivity contribution in [2.45, 2.75) is 32.4 Å². The van der Waals surface area contributed by atoms with Crippen LogP contribution in [0.5, 0.6) is 5.88 Å². The van der Waals surface area contributed by atoms with Gasteiger partial charge in [0.05, 0.1) is 6.61 Å². The van der Waals surface area contributed by atoms with Crippen LogP contribution >= 0.6 is 0 Å². The summed E-state index contributed by atoms with van der Waals surface area (Å²) in [6.07, 6.45) is 3.98. The van der Waals surface area contributed by atoms with Crippen molar-refractivity contribution in [3.8, 4) is 5.88 Å². The number of hydrogen-bond acceptors (Lipinski definition) is 3. The molecule has 1 fully saturated rings. The van der Waals surface area contributed by atoms with Gasteiger partial charge in [0.1, 0.15) is 0 Å². The normalized spacial score (nSPS) is 15.3. The number of hydrogen-bond donors (Lipinski definition) is 1. The van der Waals surface area contributed by atoms with Gasteiger partial charge in [-0.2, -0.15) is 0 Å². The molecule has 3 nitrogen and oxygen atoms in total. The van der Waals surface area contributed by atoms with Crippen molar-refractivity contribution >= 4 is 0 Å². The molecule has 4 heteroatoms. The van der Waals surface area contributed by atoms with Gasteiger partial charge in [-0.1, -0.05) is 0 Å². The van der Waals surface area contributed by atoms with Crippen molar-refractivity contribution in [2.24, 2.45) is 0 Å². The molecule has 0 saturated heterocycles. The molecule has 1 aromatic heterocycles. The minimum absolute atomic E-state index is 0.104. The number of nitrogens with one attached hydrogen (secondary N) is 1. The van der Waals surface area contributed by atoms with Crippen LogP contribution in [0.3, 0.4) is 0 Å². The highest BCUT2D eigenvalue weighted by molar-refractivity contribution is 5.23. The molecule has 0 aromatic carbocycles. The largest absolute Gasteiger partial charge is 0.476 e. The predicted molar refractivity (Wildman–Crippen MR) is 55.2 cm³/mol. The van der Waals surface area contributed by atoms with Gasteiger partial charge in [0, 0.05) is 24.3 Å². The van der Waals surface area contributed by atoms with Crippen LogP contribution < -0.4 is 10.1 Å². The molecule has 0 amide bonds. The Morgan fingerprint density at radius 2 is 2.40 bits per heavy atom. The molecule has 2 rings (SSSR count). The van der Waals surface area contributed by atoms with Crippen LogP contribution in [-0.2, 0) is 6.54 Å². The zero-order valence-corrected chi connectivity index (χ0v) is 8.79. The lowest BCUT2D eigenvalue weighted by Crippen LogP contribution is -2.16. The first kappa shape index (κ1) is 10.4. The summed E-state index contributed by atoms with van der Waals surface area (Å²) in [5.41, 5.74) is 0.625. The molecule has 0 radical (unpaired) electrons. The lowest BCUT2D eigenvalue weighted by molar-refractivity contribution is 0.305. The van der Waals surface area contributed by atoms with Crippen molar-refractivity contribution < 1.29 is 9.13 Å². The van der Waals surface area contributed by atoms with E-state index >= 15 is 0 Å². The molecule has 15 heavy (non-hydrogen) atoms. The summed E-state index contributed by atoms with van der Waals surface area (Å²) in [6.45, 7) is 2.80. The highest BCUT2D eigenvalue weighted by atomic mass is 19.1. The molecular formula is C11H15FN2O. The van der Waals surface area contributed by atoms with Crippen LogP contribution in [0.15, 0.2) is 12.3 Å². The third kappa shape index (κ3) is 2.65. The second-order valence-corrected chi connectivity index (χ2v) is 3.68. The molecule has 1 aliphatic carbocycles. The first-order valence-electron chi connectivity index (χ1n) is 5.30. The summed E-state index contributed by atoms with van der Waals surface area (Å²) in [5, 5.41) is 3.26. The number of halogens is 1. The smallest absolute Gasteiger partial charge is 0.250 e. The fourth-order valence-electron chi connectivity index (χ4n) is 1.38. The molecule has 1 N–H and O–H groups in total. The molecular weight excluding hydrogens is 195 g/mol. The van der Waals surface area contributed by atoms with Gasteiger partial charge in [0.15, 0.2) is 5.82 Å². The average Bonchev–Trinajstić information content (AvgIpc) is 3.03. The Balaban J connectivity index is 2.04.